The molecule has 2 amide bonds. The predicted molar refractivity (Wildman–Crippen MR) is 101 cm³/mol. The van der Waals surface area contributed by atoms with Crippen LogP contribution in [0, 0.1) is 0 Å². The minimum absolute atomic E-state index is 0.00528. The highest BCUT2D eigenvalue weighted by Crippen LogP contribution is 2.45. The number of carbonyl (C=O) groups excluding carboxylic acids is 2. The monoisotopic (exact) mass is 356 g/mol. The molecule has 2 aliphatic heterocycles. The molecule has 0 bridgehead atoms. The molecule has 1 aromatic carbocycles. The Labute approximate surface area is 154 Å². The van der Waals surface area contributed by atoms with Gasteiger partial charge in [0, 0.05) is 24.2 Å². The molecule has 6 nitrogen and oxygen atoms in total. The molecule has 1 aliphatic carbocycles. The Morgan fingerprint density at radius 2 is 1.92 bits per heavy atom. The lowest BCUT2D eigenvalue weighted by Crippen LogP contribution is -2.49. The summed E-state index contributed by atoms with van der Waals surface area (Å²) in [5.74, 6) is -0.444. The smallest absolute Gasteiger partial charge is 0.255 e. The van der Waals surface area contributed by atoms with Crippen LogP contribution in [-0.4, -0.2) is 61.0 Å². The molecule has 26 heavy (non-hydrogen) atoms. The van der Waals surface area contributed by atoms with E-state index in [1.54, 1.807) is 4.90 Å². The third-order valence-electron chi connectivity index (χ3n) is 6.32. The fourth-order valence-electron chi connectivity index (χ4n) is 5.06. The summed E-state index contributed by atoms with van der Waals surface area (Å²) in [5.41, 5.74) is 7.97. The third-order valence-corrected chi connectivity index (χ3v) is 6.32. The largest absolute Gasteiger partial charge is 0.367 e. The summed E-state index contributed by atoms with van der Waals surface area (Å²) < 4.78 is 0. The van der Waals surface area contributed by atoms with Crippen LogP contribution in [0.15, 0.2) is 24.3 Å². The minimum Gasteiger partial charge on any atom is -0.367 e. The zero-order valence-electron chi connectivity index (χ0n) is 15.6. The molecule has 0 radical (unpaired) electrons. The number of hydrogen-bond acceptors (Lipinski definition) is 4. The zero-order valence-corrected chi connectivity index (χ0v) is 15.6. The Morgan fingerprint density at radius 3 is 2.46 bits per heavy atom. The van der Waals surface area contributed by atoms with Crippen LogP contribution in [-0.2, 0) is 15.0 Å². The molecule has 0 aromatic heterocycles. The molecule has 2 N–H and O–H groups in total. The number of hydrogen-bond donors (Lipinski definition) is 1. The lowest BCUT2D eigenvalue weighted by atomic mass is 9.64. The fraction of sp³-hybridized carbons (Fsp3) is 0.600. The van der Waals surface area contributed by atoms with Crippen LogP contribution in [0.4, 0.5) is 5.69 Å². The van der Waals surface area contributed by atoms with Crippen LogP contribution < -0.4 is 10.6 Å². The molecule has 2 heterocycles. The summed E-state index contributed by atoms with van der Waals surface area (Å²) in [5, 5.41) is 0. The van der Waals surface area contributed by atoms with Crippen molar-refractivity contribution in [1.82, 2.24) is 9.80 Å². The first-order valence-corrected chi connectivity index (χ1v) is 9.56. The van der Waals surface area contributed by atoms with Gasteiger partial charge in [0.15, 0.2) is 6.17 Å². The first-order valence-electron chi connectivity index (χ1n) is 9.56. The quantitative estimate of drug-likeness (QED) is 0.863. The van der Waals surface area contributed by atoms with Crippen molar-refractivity contribution in [2.75, 3.05) is 32.1 Å². The molecular weight excluding hydrogens is 328 g/mol. The molecule has 1 saturated carbocycles. The van der Waals surface area contributed by atoms with Crippen LogP contribution in [0.2, 0.25) is 0 Å². The zero-order chi connectivity index (χ0) is 18.5. The van der Waals surface area contributed by atoms with Crippen molar-refractivity contribution >= 4 is 17.5 Å². The Hall–Kier alpha value is -1.92. The molecule has 2 saturated heterocycles. The standard InChI is InChI=1S/C20H28N4O2/c1-22(2)13-20(10-4-11-20)14-6-8-15(9-7-14)24-18(17(21)25)23-12-3-5-16(23)19(24)26/h6-9,16,18H,3-5,10-13H2,1-2H3,(H2,21,25)/t16-,18?/m0/s1. The van der Waals surface area contributed by atoms with Gasteiger partial charge in [-0.2, -0.15) is 0 Å². The average molecular weight is 356 g/mol. The summed E-state index contributed by atoms with van der Waals surface area (Å²) in [6.07, 6.45) is 4.77. The normalized spacial score (nSPS) is 27.7. The number of amides is 2. The first-order chi connectivity index (χ1) is 12.4. The summed E-state index contributed by atoms with van der Waals surface area (Å²) in [6, 6.07) is 8.04. The molecule has 3 fully saturated rings. The Kier molecular flexibility index (Phi) is 4.28. The molecule has 4 rings (SSSR count). The highest BCUT2D eigenvalue weighted by molar-refractivity contribution is 6.06. The number of anilines is 1. The van der Waals surface area contributed by atoms with Gasteiger partial charge in [-0.3, -0.25) is 19.4 Å². The second-order valence-electron chi connectivity index (χ2n) is 8.30. The van der Waals surface area contributed by atoms with Gasteiger partial charge in [0.2, 0.25) is 5.91 Å². The van der Waals surface area contributed by atoms with Crippen molar-refractivity contribution in [3.8, 4) is 0 Å². The van der Waals surface area contributed by atoms with Gasteiger partial charge in [0.05, 0.1) is 6.04 Å². The van der Waals surface area contributed by atoms with E-state index in [4.69, 9.17) is 5.73 Å². The van der Waals surface area contributed by atoms with E-state index in [9.17, 15) is 9.59 Å². The average Bonchev–Trinajstić information content (AvgIpc) is 3.13. The third kappa shape index (κ3) is 2.63. The molecule has 1 unspecified atom stereocenters. The number of rotatable bonds is 5. The molecule has 3 aliphatic rings. The van der Waals surface area contributed by atoms with Crippen molar-refractivity contribution < 1.29 is 9.59 Å². The van der Waals surface area contributed by atoms with Gasteiger partial charge in [0.1, 0.15) is 0 Å². The minimum atomic E-state index is -0.653. The number of nitrogens with two attached hydrogens (primary N) is 1. The number of fused-ring (bicyclic) bond motifs is 1. The number of benzene rings is 1. The number of nitrogens with zero attached hydrogens (tertiary/aromatic N) is 3. The maximum Gasteiger partial charge on any atom is 0.255 e. The van der Waals surface area contributed by atoms with Crippen LogP contribution in [0.25, 0.3) is 0 Å². The van der Waals surface area contributed by atoms with Gasteiger partial charge in [-0.15, -0.1) is 0 Å². The molecule has 1 aromatic rings. The van der Waals surface area contributed by atoms with E-state index < -0.39 is 12.1 Å². The van der Waals surface area contributed by atoms with E-state index in [0.29, 0.717) is 0 Å². The van der Waals surface area contributed by atoms with Crippen molar-refractivity contribution in [2.45, 2.75) is 49.7 Å². The highest BCUT2D eigenvalue weighted by atomic mass is 16.2. The lowest BCUT2D eigenvalue weighted by Gasteiger charge is -2.44. The van der Waals surface area contributed by atoms with E-state index in [1.807, 2.05) is 17.0 Å². The Bertz CT molecular complexity index is 711. The maximum absolute atomic E-state index is 12.9. The van der Waals surface area contributed by atoms with E-state index >= 15 is 0 Å². The van der Waals surface area contributed by atoms with Gasteiger partial charge in [-0.05, 0) is 57.5 Å². The summed E-state index contributed by atoms with van der Waals surface area (Å²) in [4.78, 5) is 30.7. The van der Waals surface area contributed by atoms with Gasteiger partial charge in [-0.25, -0.2) is 0 Å². The summed E-state index contributed by atoms with van der Waals surface area (Å²) in [7, 11) is 4.23. The summed E-state index contributed by atoms with van der Waals surface area (Å²) in [6.45, 7) is 1.79. The van der Waals surface area contributed by atoms with Crippen molar-refractivity contribution in [3.63, 3.8) is 0 Å². The van der Waals surface area contributed by atoms with E-state index in [-0.39, 0.29) is 17.4 Å². The maximum atomic E-state index is 12.9. The van der Waals surface area contributed by atoms with Gasteiger partial charge in [0.25, 0.3) is 5.91 Å². The first kappa shape index (κ1) is 17.5. The van der Waals surface area contributed by atoms with Gasteiger partial charge in [-0.1, -0.05) is 18.6 Å². The molecule has 0 spiro atoms. The van der Waals surface area contributed by atoms with E-state index in [1.165, 1.54) is 24.8 Å². The molecule has 6 heteroatoms. The Balaban J connectivity index is 1.62. The molecular formula is C20H28N4O2. The SMILES string of the molecule is CN(C)CC1(c2ccc(N3C(=O)[C@@H]4CCCN4C3C(N)=O)cc2)CCC1. The van der Waals surface area contributed by atoms with Crippen LogP contribution in [0.1, 0.15) is 37.7 Å². The fourth-order valence-corrected chi connectivity index (χ4v) is 5.06. The highest BCUT2D eigenvalue weighted by Gasteiger charge is 2.51. The van der Waals surface area contributed by atoms with Crippen LogP contribution in [0.5, 0.6) is 0 Å². The molecule has 140 valence electrons. The van der Waals surface area contributed by atoms with Gasteiger partial charge >= 0.3 is 0 Å². The van der Waals surface area contributed by atoms with Crippen molar-refractivity contribution in [1.29, 1.82) is 0 Å². The van der Waals surface area contributed by atoms with E-state index in [0.717, 1.165) is 31.6 Å². The second kappa shape index (κ2) is 6.35. The van der Waals surface area contributed by atoms with Crippen LogP contribution >= 0.6 is 0 Å². The van der Waals surface area contributed by atoms with Crippen molar-refractivity contribution in [3.05, 3.63) is 29.8 Å². The molecule has 2 atom stereocenters. The number of likely N-dealkylation sites (N-methyl/N-ethyl adjacent to an activating group) is 1. The van der Waals surface area contributed by atoms with Gasteiger partial charge < -0.3 is 10.6 Å². The van der Waals surface area contributed by atoms with Crippen molar-refractivity contribution in [2.24, 2.45) is 5.73 Å². The summed E-state index contributed by atoms with van der Waals surface area (Å²) >= 11 is 0. The predicted octanol–water partition coefficient (Wildman–Crippen LogP) is 1.29. The topological polar surface area (TPSA) is 69.9 Å². The van der Waals surface area contributed by atoms with E-state index in [2.05, 4.69) is 31.1 Å². The Morgan fingerprint density at radius 1 is 1.23 bits per heavy atom. The lowest BCUT2D eigenvalue weighted by molar-refractivity contribution is -0.122. The second-order valence-corrected chi connectivity index (χ2v) is 8.30. The van der Waals surface area contributed by atoms with Crippen LogP contribution in [0.3, 0.4) is 0 Å². The number of carbonyl (C=O) groups is 2. The number of primary amides is 1.